The summed E-state index contributed by atoms with van der Waals surface area (Å²) in [4.78, 5) is 2.60. The molecule has 2 fully saturated rings. The highest BCUT2D eigenvalue weighted by molar-refractivity contribution is 4.98. The molecule has 0 aromatic heterocycles. The molecular formula is C13H22N2. The molecule has 0 amide bonds. The molecule has 0 N–H and O–H groups in total. The summed E-state index contributed by atoms with van der Waals surface area (Å²) in [6.07, 6.45) is 4.99. The fraction of sp³-hybridized carbons (Fsp3) is 0.923. The van der Waals surface area contributed by atoms with Crippen molar-refractivity contribution in [2.75, 3.05) is 13.1 Å². The van der Waals surface area contributed by atoms with Crippen molar-refractivity contribution in [1.82, 2.24) is 4.90 Å². The van der Waals surface area contributed by atoms with Crippen molar-refractivity contribution >= 4 is 0 Å². The van der Waals surface area contributed by atoms with E-state index >= 15 is 0 Å². The number of hydrogen-bond donors (Lipinski definition) is 0. The molecule has 0 spiro atoms. The van der Waals surface area contributed by atoms with Crippen LogP contribution in [-0.2, 0) is 0 Å². The lowest BCUT2D eigenvalue weighted by atomic mass is 9.89. The maximum atomic E-state index is 9.12. The molecule has 2 nitrogen and oxygen atoms in total. The summed E-state index contributed by atoms with van der Waals surface area (Å²) in [6.45, 7) is 7.12. The number of piperidine rings is 1. The predicted octanol–water partition coefficient (Wildman–Crippen LogP) is 2.66. The SMILES string of the molecule is CC1CC(C)CN(C2CCCC2C#N)C1. The molecule has 84 valence electrons. The standard InChI is InChI=1S/C13H22N2/c1-10-6-11(2)9-15(8-10)13-5-3-4-12(13)7-14/h10-13H,3-6,8-9H2,1-2H3. The van der Waals surface area contributed by atoms with Crippen LogP contribution in [0.5, 0.6) is 0 Å². The largest absolute Gasteiger partial charge is 0.299 e. The van der Waals surface area contributed by atoms with Gasteiger partial charge >= 0.3 is 0 Å². The van der Waals surface area contributed by atoms with Crippen LogP contribution in [0.4, 0.5) is 0 Å². The fourth-order valence-electron chi connectivity index (χ4n) is 3.51. The molecule has 2 aliphatic rings. The van der Waals surface area contributed by atoms with Crippen LogP contribution >= 0.6 is 0 Å². The summed E-state index contributed by atoms with van der Waals surface area (Å²) >= 11 is 0. The summed E-state index contributed by atoms with van der Waals surface area (Å²) < 4.78 is 0. The zero-order valence-corrected chi connectivity index (χ0v) is 9.95. The molecule has 0 aromatic rings. The molecule has 1 saturated heterocycles. The van der Waals surface area contributed by atoms with E-state index in [0.717, 1.165) is 18.3 Å². The van der Waals surface area contributed by atoms with E-state index in [1.807, 2.05) is 0 Å². The lowest BCUT2D eigenvalue weighted by Crippen LogP contribution is -2.46. The quantitative estimate of drug-likeness (QED) is 0.659. The van der Waals surface area contributed by atoms with Gasteiger partial charge in [-0.25, -0.2) is 0 Å². The van der Waals surface area contributed by atoms with Gasteiger partial charge in [0, 0.05) is 19.1 Å². The van der Waals surface area contributed by atoms with Gasteiger partial charge in [-0.05, 0) is 31.1 Å². The Kier molecular flexibility index (Phi) is 3.31. The highest BCUT2D eigenvalue weighted by Crippen LogP contribution is 2.33. The molecule has 1 saturated carbocycles. The van der Waals surface area contributed by atoms with Crippen molar-refractivity contribution in [3.8, 4) is 6.07 Å². The Hall–Kier alpha value is -0.550. The Balaban J connectivity index is 2.00. The second-order valence-electron chi connectivity index (χ2n) is 5.63. The van der Waals surface area contributed by atoms with E-state index in [0.29, 0.717) is 12.0 Å². The average Bonchev–Trinajstić information content (AvgIpc) is 2.63. The van der Waals surface area contributed by atoms with Crippen LogP contribution in [0.25, 0.3) is 0 Å². The van der Waals surface area contributed by atoms with Crippen molar-refractivity contribution < 1.29 is 0 Å². The van der Waals surface area contributed by atoms with Gasteiger partial charge in [0.15, 0.2) is 0 Å². The van der Waals surface area contributed by atoms with Crippen molar-refractivity contribution in [3.05, 3.63) is 0 Å². The number of hydrogen-bond acceptors (Lipinski definition) is 2. The normalized spacial score (nSPS) is 42.7. The minimum absolute atomic E-state index is 0.308. The first kappa shape index (κ1) is 11.0. The van der Waals surface area contributed by atoms with E-state index in [1.54, 1.807) is 0 Å². The number of nitrogens with zero attached hydrogens (tertiary/aromatic N) is 2. The summed E-state index contributed by atoms with van der Waals surface area (Å²) in [5, 5.41) is 9.12. The lowest BCUT2D eigenvalue weighted by Gasteiger charge is -2.39. The first-order chi connectivity index (χ1) is 7.20. The molecule has 2 heteroatoms. The zero-order valence-electron chi connectivity index (χ0n) is 9.95. The van der Waals surface area contributed by atoms with Crippen molar-refractivity contribution in [1.29, 1.82) is 5.26 Å². The topological polar surface area (TPSA) is 27.0 Å². The van der Waals surface area contributed by atoms with Crippen LogP contribution in [0.15, 0.2) is 0 Å². The number of likely N-dealkylation sites (tertiary alicyclic amines) is 1. The maximum Gasteiger partial charge on any atom is 0.0672 e. The van der Waals surface area contributed by atoms with Gasteiger partial charge in [-0.3, -0.25) is 4.90 Å². The van der Waals surface area contributed by atoms with Gasteiger partial charge in [0.1, 0.15) is 0 Å². The van der Waals surface area contributed by atoms with Crippen molar-refractivity contribution in [2.45, 2.75) is 45.6 Å². The van der Waals surface area contributed by atoms with Crippen LogP contribution in [0, 0.1) is 29.1 Å². The smallest absolute Gasteiger partial charge is 0.0672 e. The van der Waals surface area contributed by atoms with Crippen molar-refractivity contribution in [3.63, 3.8) is 0 Å². The van der Waals surface area contributed by atoms with Gasteiger partial charge in [0.05, 0.1) is 12.0 Å². The predicted molar refractivity (Wildman–Crippen MR) is 61.3 cm³/mol. The fourth-order valence-corrected chi connectivity index (χ4v) is 3.51. The third-order valence-electron chi connectivity index (χ3n) is 4.01. The molecule has 0 radical (unpaired) electrons. The maximum absolute atomic E-state index is 9.12. The number of nitriles is 1. The van der Waals surface area contributed by atoms with Gasteiger partial charge in [0.2, 0.25) is 0 Å². The highest BCUT2D eigenvalue weighted by Gasteiger charge is 2.35. The number of rotatable bonds is 1. The zero-order chi connectivity index (χ0) is 10.8. The van der Waals surface area contributed by atoms with E-state index in [9.17, 15) is 0 Å². The van der Waals surface area contributed by atoms with E-state index in [1.165, 1.54) is 32.4 Å². The molecule has 4 atom stereocenters. The van der Waals surface area contributed by atoms with Crippen LogP contribution in [0.2, 0.25) is 0 Å². The Morgan fingerprint density at radius 1 is 1.13 bits per heavy atom. The Morgan fingerprint density at radius 2 is 1.80 bits per heavy atom. The molecule has 4 unspecified atom stereocenters. The summed E-state index contributed by atoms with van der Waals surface area (Å²) in [5.41, 5.74) is 0. The van der Waals surface area contributed by atoms with Crippen LogP contribution < -0.4 is 0 Å². The first-order valence-corrected chi connectivity index (χ1v) is 6.34. The van der Waals surface area contributed by atoms with Crippen LogP contribution in [0.1, 0.15) is 39.5 Å². The van der Waals surface area contributed by atoms with Gasteiger partial charge in [-0.1, -0.05) is 20.3 Å². The third-order valence-corrected chi connectivity index (χ3v) is 4.01. The van der Waals surface area contributed by atoms with Gasteiger partial charge < -0.3 is 0 Å². The molecule has 1 aliphatic carbocycles. The van der Waals surface area contributed by atoms with Crippen LogP contribution in [0.3, 0.4) is 0 Å². The summed E-state index contributed by atoms with van der Waals surface area (Å²) in [7, 11) is 0. The van der Waals surface area contributed by atoms with E-state index in [2.05, 4.69) is 24.8 Å². The molecule has 0 aromatic carbocycles. The molecule has 1 aliphatic heterocycles. The summed E-state index contributed by atoms with van der Waals surface area (Å²) in [5.74, 6) is 1.94. The second-order valence-corrected chi connectivity index (χ2v) is 5.63. The lowest BCUT2D eigenvalue weighted by molar-refractivity contribution is 0.0863. The monoisotopic (exact) mass is 206 g/mol. The molecule has 0 bridgehead atoms. The van der Waals surface area contributed by atoms with E-state index in [4.69, 9.17) is 5.26 Å². The molecular weight excluding hydrogens is 184 g/mol. The minimum atomic E-state index is 0.308. The second kappa shape index (κ2) is 4.53. The summed E-state index contributed by atoms with van der Waals surface area (Å²) in [6, 6.07) is 3.07. The Bertz CT molecular complexity index is 246. The van der Waals surface area contributed by atoms with Crippen LogP contribution in [-0.4, -0.2) is 24.0 Å². The Morgan fingerprint density at radius 3 is 2.40 bits per heavy atom. The molecule has 1 heterocycles. The van der Waals surface area contributed by atoms with Gasteiger partial charge in [0.25, 0.3) is 0 Å². The highest BCUT2D eigenvalue weighted by atomic mass is 15.2. The molecule has 15 heavy (non-hydrogen) atoms. The first-order valence-electron chi connectivity index (χ1n) is 6.34. The van der Waals surface area contributed by atoms with Gasteiger partial charge in [-0.2, -0.15) is 5.26 Å². The van der Waals surface area contributed by atoms with Gasteiger partial charge in [-0.15, -0.1) is 0 Å². The Labute approximate surface area is 93.3 Å². The van der Waals surface area contributed by atoms with E-state index < -0.39 is 0 Å². The van der Waals surface area contributed by atoms with Crippen molar-refractivity contribution in [2.24, 2.45) is 17.8 Å². The minimum Gasteiger partial charge on any atom is -0.299 e. The van der Waals surface area contributed by atoms with E-state index in [-0.39, 0.29) is 0 Å². The molecule has 2 rings (SSSR count). The average molecular weight is 206 g/mol. The third kappa shape index (κ3) is 2.34.